The number of carbonyl (C=O) groups excluding carboxylic acids is 4. The third kappa shape index (κ3) is 14.6. The van der Waals surface area contributed by atoms with Crippen molar-refractivity contribution in [3.05, 3.63) is 34.4 Å². The molecule has 1 aromatic rings. The van der Waals surface area contributed by atoms with E-state index >= 15 is 0 Å². The molecule has 0 unspecified atom stereocenters. The van der Waals surface area contributed by atoms with Gasteiger partial charge in [0.2, 0.25) is 0 Å². The number of nitrogens with one attached hydrogen (secondary N) is 8. The van der Waals surface area contributed by atoms with E-state index in [1.54, 1.807) is 0 Å². The molecule has 0 aromatic heterocycles. The maximum Gasteiger partial charge on any atom is 0.252 e. The summed E-state index contributed by atoms with van der Waals surface area (Å²) in [7, 11) is 0. The van der Waals surface area contributed by atoms with Crippen molar-refractivity contribution < 1.29 is 19.2 Å². The monoisotopic (exact) mass is 594 g/mol. The predicted molar refractivity (Wildman–Crippen MR) is 163 cm³/mol. The lowest BCUT2D eigenvalue weighted by atomic mass is 9.95. The van der Waals surface area contributed by atoms with Crippen LogP contribution in [0.5, 0.6) is 0 Å². The molecule has 0 aliphatic rings. The fraction of sp³-hybridized carbons (Fsp3) is 0.615. The van der Waals surface area contributed by atoms with Crippen LogP contribution in [0.3, 0.4) is 0 Å². The largest absolute Gasteiger partial charge is 0.351 e. The zero-order valence-corrected chi connectivity index (χ0v) is 24.4. The van der Waals surface area contributed by atoms with Crippen LogP contribution in [0.15, 0.2) is 12.1 Å². The number of nitrogens with two attached hydrogens (primary N) is 4. The number of carbonyl (C=O) groups is 4. The smallest absolute Gasteiger partial charge is 0.252 e. The second kappa shape index (κ2) is 23.4. The van der Waals surface area contributed by atoms with Gasteiger partial charge in [-0.3, -0.25) is 19.2 Å². The van der Waals surface area contributed by atoms with Crippen LogP contribution in [-0.4, -0.2) is 128 Å². The molecule has 0 heterocycles. The molecule has 16 N–H and O–H groups in total. The molecule has 0 aliphatic carbocycles. The molecular weight excluding hydrogens is 544 g/mol. The van der Waals surface area contributed by atoms with E-state index in [0.29, 0.717) is 78.5 Å². The fourth-order valence-electron chi connectivity index (χ4n) is 3.70. The van der Waals surface area contributed by atoms with Gasteiger partial charge in [0.1, 0.15) is 0 Å². The van der Waals surface area contributed by atoms with Gasteiger partial charge in [-0.05, 0) is 12.1 Å². The second-order valence-corrected chi connectivity index (χ2v) is 9.12. The SMILES string of the molecule is NCCNCCNC(=O)c1cc(C(=O)NCCNCCN)c(C(=O)NCCNCCN)cc1C(=O)NCCNCCN. The highest BCUT2D eigenvalue weighted by Gasteiger charge is 2.26. The van der Waals surface area contributed by atoms with Crippen molar-refractivity contribution >= 4 is 23.6 Å². The topological polar surface area (TPSA) is 269 Å². The lowest BCUT2D eigenvalue weighted by Gasteiger charge is -2.17. The van der Waals surface area contributed by atoms with Gasteiger partial charge in [-0.15, -0.1) is 0 Å². The second-order valence-electron chi connectivity index (χ2n) is 9.12. The predicted octanol–water partition coefficient (Wildman–Crippen LogP) is -5.20. The Morgan fingerprint density at radius 1 is 0.381 bits per heavy atom. The van der Waals surface area contributed by atoms with E-state index in [0.717, 1.165) is 0 Å². The Labute approximate surface area is 247 Å². The Morgan fingerprint density at radius 3 is 0.786 bits per heavy atom. The van der Waals surface area contributed by atoms with Crippen LogP contribution >= 0.6 is 0 Å². The summed E-state index contributed by atoms with van der Waals surface area (Å²) in [5.41, 5.74) is 21.8. The summed E-state index contributed by atoms with van der Waals surface area (Å²) in [5, 5.41) is 23.3. The molecule has 0 bridgehead atoms. The van der Waals surface area contributed by atoms with E-state index in [1.807, 2.05) is 0 Å². The van der Waals surface area contributed by atoms with Gasteiger partial charge in [0, 0.05) is 105 Å². The molecule has 42 heavy (non-hydrogen) atoms. The maximum atomic E-state index is 13.2. The maximum absolute atomic E-state index is 13.2. The van der Waals surface area contributed by atoms with Crippen LogP contribution in [0, 0.1) is 0 Å². The molecule has 4 amide bonds. The molecule has 1 aromatic carbocycles. The zero-order chi connectivity index (χ0) is 31.0. The van der Waals surface area contributed by atoms with Crippen LogP contribution in [-0.2, 0) is 0 Å². The van der Waals surface area contributed by atoms with Gasteiger partial charge in [-0.25, -0.2) is 0 Å². The van der Waals surface area contributed by atoms with Gasteiger partial charge in [-0.1, -0.05) is 0 Å². The highest BCUT2D eigenvalue weighted by atomic mass is 16.2. The van der Waals surface area contributed by atoms with Gasteiger partial charge in [0.25, 0.3) is 23.6 Å². The fourth-order valence-corrected chi connectivity index (χ4v) is 3.70. The van der Waals surface area contributed by atoms with Crippen LogP contribution in [0.4, 0.5) is 0 Å². The number of benzene rings is 1. The minimum Gasteiger partial charge on any atom is -0.351 e. The van der Waals surface area contributed by atoms with E-state index in [9.17, 15) is 19.2 Å². The number of rotatable bonds is 24. The van der Waals surface area contributed by atoms with Gasteiger partial charge in [0.05, 0.1) is 22.3 Å². The minimum atomic E-state index is -0.562. The average Bonchev–Trinajstić information content (AvgIpc) is 2.99. The summed E-state index contributed by atoms with van der Waals surface area (Å²) in [5.74, 6) is -2.25. The summed E-state index contributed by atoms with van der Waals surface area (Å²) < 4.78 is 0. The Bertz CT molecular complexity index is 817. The van der Waals surface area contributed by atoms with Gasteiger partial charge in [-0.2, -0.15) is 0 Å². The molecule has 0 atom stereocenters. The highest BCUT2D eigenvalue weighted by molar-refractivity contribution is 6.14. The third-order valence-electron chi connectivity index (χ3n) is 5.77. The molecule has 0 aliphatic heterocycles. The van der Waals surface area contributed by atoms with Gasteiger partial charge in [0.15, 0.2) is 0 Å². The Morgan fingerprint density at radius 2 is 0.595 bits per heavy atom. The molecule has 16 nitrogen and oxygen atoms in total. The van der Waals surface area contributed by atoms with Crippen molar-refractivity contribution in [1.82, 2.24) is 42.5 Å². The van der Waals surface area contributed by atoms with Gasteiger partial charge < -0.3 is 65.5 Å². The van der Waals surface area contributed by atoms with Crippen molar-refractivity contribution in [3.8, 4) is 0 Å². The van der Waals surface area contributed by atoms with E-state index in [-0.39, 0.29) is 48.4 Å². The molecule has 0 saturated heterocycles. The van der Waals surface area contributed by atoms with E-state index in [2.05, 4.69) is 42.5 Å². The molecule has 0 spiro atoms. The zero-order valence-electron chi connectivity index (χ0n) is 24.4. The molecule has 0 fully saturated rings. The third-order valence-corrected chi connectivity index (χ3v) is 5.77. The molecule has 1 rings (SSSR count). The quantitative estimate of drug-likeness (QED) is 0.0501. The van der Waals surface area contributed by atoms with Crippen molar-refractivity contribution in [2.45, 2.75) is 0 Å². The number of amides is 4. The van der Waals surface area contributed by atoms with E-state index in [1.165, 1.54) is 12.1 Å². The van der Waals surface area contributed by atoms with E-state index in [4.69, 9.17) is 22.9 Å². The number of hydrogen-bond donors (Lipinski definition) is 12. The van der Waals surface area contributed by atoms with E-state index < -0.39 is 23.6 Å². The average molecular weight is 595 g/mol. The molecule has 16 heteroatoms. The van der Waals surface area contributed by atoms with Crippen LogP contribution < -0.4 is 65.5 Å². The van der Waals surface area contributed by atoms with Gasteiger partial charge >= 0.3 is 0 Å². The first-order valence-electron chi connectivity index (χ1n) is 14.3. The normalized spacial score (nSPS) is 10.8. The summed E-state index contributed by atoms with van der Waals surface area (Å²) in [4.78, 5) is 52.9. The minimum absolute atomic E-state index is 0.0335. The standard InChI is InChI=1S/C26H50N12O4/c27-1-5-31-9-13-35-23(39)19-17-21(25(41)37-15-11-33-7-3-29)22(26(42)38-16-12-34-8-4-30)18-20(19)24(40)36-14-10-32-6-2-28/h17-18,31-34H,1-16,27-30H2,(H,35,39)(H,36,40)(H,37,41)(H,38,42). The Balaban J connectivity index is 3.32. The highest BCUT2D eigenvalue weighted by Crippen LogP contribution is 2.19. The molecular formula is C26H50N12O4. The first kappa shape index (κ1) is 36.8. The summed E-state index contributed by atoms with van der Waals surface area (Å²) in [6.07, 6.45) is 0. The summed E-state index contributed by atoms with van der Waals surface area (Å²) in [6, 6.07) is 2.57. The summed E-state index contributed by atoms with van der Waals surface area (Å²) in [6.45, 7) is 6.99. The van der Waals surface area contributed by atoms with Crippen molar-refractivity contribution in [3.63, 3.8) is 0 Å². The van der Waals surface area contributed by atoms with Crippen LogP contribution in [0.1, 0.15) is 41.4 Å². The number of hydrogen-bond acceptors (Lipinski definition) is 12. The van der Waals surface area contributed by atoms with Crippen LogP contribution in [0.2, 0.25) is 0 Å². The Kier molecular flexibility index (Phi) is 20.5. The van der Waals surface area contributed by atoms with Crippen molar-refractivity contribution in [2.75, 3.05) is 105 Å². The first-order chi connectivity index (χ1) is 20.4. The van der Waals surface area contributed by atoms with Crippen molar-refractivity contribution in [1.29, 1.82) is 0 Å². The van der Waals surface area contributed by atoms with Crippen LogP contribution in [0.25, 0.3) is 0 Å². The molecule has 0 saturated carbocycles. The first-order valence-corrected chi connectivity index (χ1v) is 14.3. The summed E-state index contributed by atoms with van der Waals surface area (Å²) >= 11 is 0. The molecule has 238 valence electrons. The Hall–Kier alpha value is -3.22. The lowest BCUT2D eigenvalue weighted by molar-refractivity contribution is 0.0908. The molecule has 0 radical (unpaired) electrons. The lowest BCUT2D eigenvalue weighted by Crippen LogP contribution is -2.39. The van der Waals surface area contributed by atoms with Crippen molar-refractivity contribution in [2.24, 2.45) is 22.9 Å².